The molecule has 0 saturated carbocycles. The van der Waals surface area contributed by atoms with E-state index in [4.69, 9.17) is 9.47 Å². The van der Waals surface area contributed by atoms with Crippen molar-refractivity contribution >= 4 is 0 Å². The Hall–Kier alpha value is -0.970. The fraction of sp³-hybridized carbons (Fsp3) is 0.647. The zero-order chi connectivity index (χ0) is 14.9. The van der Waals surface area contributed by atoms with Crippen LogP contribution < -0.4 is 0 Å². The Morgan fingerprint density at radius 3 is 2.71 bits per heavy atom. The van der Waals surface area contributed by atoms with Crippen LogP contribution in [0.15, 0.2) is 18.2 Å². The largest absolute Gasteiger partial charge is 0.383 e. The van der Waals surface area contributed by atoms with Gasteiger partial charge in [-0.1, -0.05) is 6.07 Å². The summed E-state index contributed by atoms with van der Waals surface area (Å²) in [4.78, 5) is 2.44. The van der Waals surface area contributed by atoms with Crippen molar-refractivity contribution in [3.05, 3.63) is 35.1 Å². The van der Waals surface area contributed by atoms with Gasteiger partial charge in [-0.05, 0) is 55.6 Å². The van der Waals surface area contributed by atoms with Crippen molar-refractivity contribution < 1.29 is 13.9 Å². The number of benzene rings is 1. The third-order valence-electron chi connectivity index (χ3n) is 5.22. The van der Waals surface area contributed by atoms with Crippen molar-refractivity contribution in [2.24, 2.45) is 0 Å². The van der Waals surface area contributed by atoms with Crippen molar-refractivity contribution in [3.8, 4) is 0 Å². The zero-order valence-corrected chi connectivity index (χ0v) is 12.9. The van der Waals surface area contributed by atoms with Crippen LogP contribution in [-0.2, 0) is 14.9 Å². The fourth-order valence-corrected chi connectivity index (χ4v) is 3.95. The highest BCUT2D eigenvalue weighted by atomic mass is 19.1. The van der Waals surface area contributed by atoms with Gasteiger partial charge in [0.1, 0.15) is 5.82 Å². The fourth-order valence-electron chi connectivity index (χ4n) is 3.95. The van der Waals surface area contributed by atoms with Gasteiger partial charge in [-0.15, -0.1) is 0 Å². The van der Waals surface area contributed by atoms with Crippen LogP contribution in [-0.4, -0.2) is 45.4 Å². The standard InChI is InChI=1S/C17H24FNO2/c1-20-10-9-19-7-5-17(6-8-19)12-16(21-2)14-4-3-13(18)11-15(14)17/h3-4,11,16H,5-10,12H2,1-2H3. The van der Waals surface area contributed by atoms with E-state index < -0.39 is 0 Å². The topological polar surface area (TPSA) is 21.7 Å². The van der Waals surface area contributed by atoms with E-state index in [2.05, 4.69) is 4.90 Å². The first-order valence-electron chi connectivity index (χ1n) is 7.72. The van der Waals surface area contributed by atoms with E-state index in [9.17, 15) is 4.39 Å². The number of piperidine rings is 1. The number of hydrogen-bond acceptors (Lipinski definition) is 3. The molecule has 0 amide bonds. The van der Waals surface area contributed by atoms with Crippen LogP contribution in [0.1, 0.15) is 36.5 Å². The molecule has 1 fully saturated rings. The average Bonchev–Trinajstić information content (AvgIpc) is 2.80. The molecule has 1 saturated heterocycles. The molecule has 1 heterocycles. The minimum absolute atomic E-state index is 0.0989. The van der Waals surface area contributed by atoms with Gasteiger partial charge in [-0.3, -0.25) is 0 Å². The van der Waals surface area contributed by atoms with E-state index >= 15 is 0 Å². The van der Waals surface area contributed by atoms with Crippen LogP contribution in [0.5, 0.6) is 0 Å². The van der Waals surface area contributed by atoms with E-state index in [0.29, 0.717) is 0 Å². The minimum Gasteiger partial charge on any atom is -0.383 e. The molecule has 1 aromatic carbocycles. The normalized spacial score (nSPS) is 24.4. The summed E-state index contributed by atoms with van der Waals surface area (Å²) < 4.78 is 24.5. The number of hydrogen-bond donors (Lipinski definition) is 0. The van der Waals surface area contributed by atoms with Gasteiger partial charge in [0.2, 0.25) is 0 Å². The number of likely N-dealkylation sites (tertiary alicyclic amines) is 1. The van der Waals surface area contributed by atoms with Crippen LogP contribution >= 0.6 is 0 Å². The molecule has 1 aromatic rings. The van der Waals surface area contributed by atoms with Gasteiger partial charge in [0.15, 0.2) is 0 Å². The Morgan fingerprint density at radius 2 is 2.05 bits per heavy atom. The van der Waals surface area contributed by atoms with Gasteiger partial charge in [0.05, 0.1) is 12.7 Å². The minimum atomic E-state index is -0.133. The summed E-state index contributed by atoms with van der Waals surface area (Å²) in [5.74, 6) is -0.133. The number of rotatable bonds is 4. The molecule has 21 heavy (non-hydrogen) atoms. The maximum Gasteiger partial charge on any atom is 0.123 e. The zero-order valence-electron chi connectivity index (χ0n) is 12.9. The summed E-state index contributed by atoms with van der Waals surface area (Å²) in [6.45, 7) is 3.86. The highest BCUT2D eigenvalue weighted by Crippen LogP contribution is 2.51. The smallest absolute Gasteiger partial charge is 0.123 e. The Kier molecular flexibility index (Phi) is 4.29. The summed E-state index contributed by atoms with van der Waals surface area (Å²) in [7, 11) is 3.50. The van der Waals surface area contributed by atoms with Crippen molar-refractivity contribution in [1.82, 2.24) is 4.90 Å². The molecule has 3 rings (SSSR count). The third-order valence-corrected chi connectivity index (χ3v) is 5.22. The summed E-state index contributed by atoms with van der Waals surface area (Å²) in [5.41, 5.74) is 2.46. The first-order valence-corrected chi connectivity index (χ1v) is 7.72. The van der Waals surface area contributed by atoms with E-state index in [1.165, 1.54) is 11.1 Å². The van der Waals surface area contributed by atoms with Gasteiger partial charge in [-0.2, -0.15) is 0 Å². The lowest BCUT2D eigenvalue weighted by Gasteiger charge is -2.40. The van der Waals surface area contributed by atoms with Crippen LogP contribution in [0, 0.1) is 5.82 Å². The molecule has 0 N–H and O–H groups in total. The number of ether oxygens (including phenoxy) is 2. The Bertz CT molecular complexity index is 498. The molecule has 1 spiro atoms. The molecule has 116 valence electrons. The second-order valence-electron chi connectivity index (χ2n) is 6.27. The van der Waals surface area contributed by atoms with E-state index in [-0.39, 0.29) is 17.3 Å². The van der Waals surface area contributed by atoms with Crippen LogP contribution in [0.4, 0.5) is 4.39 Å². The molecule has 4 heteroatoms. The monoisotopic (exact) mass is 293 g/mol. The Morgan fingerprint density at radius 1 is 1.29 bits per heavy atom. The third kappa shape index (κ3) is 2.72. The van der Waals surface area contributed by atoms with Gasteiger partial charge in [0.25, 0.3) is 0 Å². The van der Waals surface area contributed by atoms with E-state index in [1.54, 1.807) is 26.4 Å². The molecule has 0 bridgehead atoms. The maximum absolute atomic E-state index is 13.7. The maximum atomic E-state index is 13.7. The van der Waals surface area contributed by atoms with Crippen LogP contribution in [0.25, 0.3) is 0 Å². The molecule has 1 aliphatic heterocycles. The number of fused-ring (bicyclic) bond motifs is 2. The second kappa shape index (κ2) is 6.03. The van der Waals surface area contributed by atoms with Crippen molar-refractivity contribution in [2.75, 3.05) is 40.5 Å². The summed E-state index contributed by atoms with van der Waals surface area (Å²) in [5, 5.41) is 0. The van der Waals surface area contributed by atoms with Gasteiger partial charge in [0, 0.05) is 26.2 Å². The average molecular weight is 293 g/mol. The molecule has 1 aliphatic carbocycles. The molecular weight excluding hydrogens is 269 g/mol. The number of halogens is 1. The SMILES string of the molecule is COCCN1CCC2(CC1)CC(OC)c1ccc(F)cc12. The summed E-state index contributed by atoms with van der Waals surface area (Å²) >= 11 is 0. The van der Waals surface area contributed by atoms with Gasteiger partial charge in [-0.25, -0.2) is 4.39 Å². The van der Waals surface area contributed by atoms with Crippen LogP contribution in [0.3, 0.4) is 0 Å². The molecule has 3 nitrogen and oxygen atoms in total. The number of nitrogens with zero attached hydrogens (tertiary/aromatic N) is 1. The highest BCUT2D eigenvalue weighted by Gasteiger charge is 2.45. The second-order valence-corrected chi connectivity index (χ2v) is 6.27. The molecule has 0 aromatic heterocycles. The van der Waals surface area contributed by atoms with Crippen molar-refractivity contribution in [1.29, 1.82) is 0 Å². The van der Waals surface area contributed by atoms with Gasteiger partial charge < -0.3 is 14.4 Å². The predicted octanol–water partition coefficient (Wildman–Crippen LogP) is 2.90. The highest BCUT2D eigenvalue weighted by molar-refractivity contribution is 5.42. The first-order chi connectivity index (χ1) is 10.2. The lowest BCUT2D eigenvalue weighted by atomic mass is 9.73. The van der Waals surface area contributed by atoms with Gasteiger partial charge >= 0.3 is 0 Å². The molecule has 1 atom stereocenters. The van der Waals surface area contributed by atoms with Crippen molar-refractivity contribution in [2.45, 2.75) is 30.8 Å². The predicted molar refractivity (Wildman–Crippen MR) is 80.0 cm³/mol. The summed E-state index contributed by atoms with van der Waals surface area (Å²) in [6.07, 6.45) is 3.26. The first kappa shape index (κ1) is 14.9. The quantitative estimate of drug-likeness (QED) is 0.852. The Labute approximate surface area is 126 Å². The molecule has 1 unspecified atom stereocenters. The van der Waals surface area contributed by atoms with Crippen LogP contribution in [0.2, 0.25) is 0 Å². The lowest BCUT2D eigenvalue weighted by Crippen LogP contribution is -2.42. The molecule has 2 aliphatic rings. The molecule has 0 radical (unpaired) electrons. The van der Waals surface area contributed by atoms with E-state index in [0.717, 1.165) is 45.5 Å². The Balaban J connectivity index is 1.80. The van der Waals surface area contributed by atoms with Crippen molar-refractivity contribution in [3.63, 3.8) is 0 Å². The summed E-state index contributed by atoms with van der Waals surface area (Å²) in [6, 6.07) is 5.20. The number of methoxy groups -OCH3 is 2. The van der Waals surface area contributed by atoms with E-state index in [1.807, 2.05) is 6.07 Å². The molecular formula is C17H24FNO2. The lowest BCUT2D eigenvalue weighted by molar-refractivity contribution is 0.0635.